The predicted octanol–water partition coefficient (Wildman–Crippen LogP) is 1.10. The Labute approximate surface area is 126 Å². The summed E-state index contributed by atoms with van der Waals surface area (Å²) in [6, 6.07) is 6.53. The van der Waals surface area contributed by atoms with Crippen molar-refractivity contribution in [1.29, 1.82) is 0 Å². The number of nitrogens with zero attached hydrogens (tertiary/aromatic N) is 2. The topological polar surface area (TPSA) is 102 Å². The molecular weight excluding hydrogens is 318 g/mol. The maximum absolute atomic E-state index is 11.8. The first-order chi connectivity index (χ1) is 9.86. The first-order valence-corrected chi connectivity index (χ1v) is 8.19. The number of carbonyl (C=O) groups excluding carboxylic acids is 1. The van der Waals surface area contributed by atoms with Gasteiger partial charge in [-0.15, -0.1) is 5.10 Å². The van der Waals surface area contributed by atoms with Crippen LogP contribution in [-0.2, 0) is 16.3 Å². The van der Waals surface area contributed by atoms with Gasteiger partial charge in [-0.3, -0.25) is 4.79 Å². The lowest BCUT2D eigenvalue weighted by molar-refractivity contribution is 0.0953. The number of rotatable bonds is 5. The van der Waals surface area contributed by atoms with Crippen LogP contribution in [0.15, 0.2) is 33.9 Å². The van der Waals surface area contributed by atoms with Crippen molar-refractivity contribution < 1.29 is 17.6 Å². The van der Waals surface area contributed by atoms with Crippen molar-refractivity contribution in [3.8, 4) is 0 Å². The van der Waals surface area contributed by atoms with Crippen LogP contribution in [0.25, 0.3) is 0 Å². The first-order valence-electron chi connectivity index (χ1n) is 5.92. The van der Waals surface area contributed by atoms with Gasteiger partial charge in [0.2, 0.25) is 15.7 Å². The monoisotopic (exact) mass is 329 g/mol. The van der Waals surface area contributed by atoms with Crippen LogP contribution < -0.4 is 5.32 Å². The van der Waals surface area contributed by atoms with E-state index < -0.39 is 15.1 Å². The van der Waals surface area contributed by atoms with Gasteiger partial charge >= 0.3 is 5.22 Å². The third kappa shape index (κ3) is 4.27. The molecule has 0 unspecified atom stereocenters. The van der Waals surface area contributed by atoms with E-state index in [9.17, 15) is 13.2 Å². The predicted molar refractivity (Wildman–Crippen MR) is 74.9 cm³/mol. The fourth-order valence-electron chi connectivity index (χ4n) is 1.50. The number of nitrogens with one attached hydrogen (secondary N) is 1. The number of halogens is 1. The highest BCUT2D eigenvalue weighted by atomic mass is 35.5. The van der Waals surface area contributed by atoms with Gasteiger partial charge in [-0.05, 0) is 18.2 Å². The summed E-state index contributed by atoms with van der Waals surface area (Å²) in [5.74, 6) is -0.151. The van der Waals surface area contributed by atoms with Crippen LogP contribution in [0.5, 0.6) is 0 Å². The zero-order valence-electron chi connectivity index (χ0n) is 11.0. The number of hydrogen-bond acceptors (Lipinski definition) is 6. The number of benzene rings is 1. The molecule has 2 aromatic rings. The Bertz CT molecular complexity index is 757. The van der Waals surface area contributed by atoms with Crippen molar-refractivity contribution in [1.82, 2.24) is 15.5 Å². The van der Waals surface area contributed by atoms with Gasteiger partial charge < -0.3 is 9.73 Å². The maximum Gasteiger partial charge on any atom is 0.335 e. The van der Waals surface area contributed by atoms with Crippen molar-refractivity contribution in [2.24, 2.45) is 0 Å². The lowest BCUT2D eigenvalue weighted by atomic mass is 10.2. The molecular formula is C12H12ClN3O4S. The van der Waals surface area contributed by atoms with E-state index >= 15 is 0 Å². The molecule has 1 N–H and O–H groups in total. The quantitative estimate of drug-likeness (QED) is 0.881. The molecule has 0 fully saturated rings. The second-order valence-corrected chi connectivity index (χ2v) is 6.58. The van der Waals surface area contributed by atoms with Crippen LogP contribution in [0.3, 0.4) is 0 Å². The van der Waals surface area contributed by atoms with Gasteiger partial charge in [0.05, 0.1) is 0 Å². The zero-order valence-corrected chi connectivity index (χ0v) is 12.6. The van der Waals surface area contributed by atoms with E-state index in [0.717, 1.165) is 6.26 Å². The minimum absolute atomic E-state index is 0.141. The Hall–Kier alpha value is -1.93. The Kier molecular flexibility index (Phi) is 4.59. The minimum Gasteiger partial charge on any atom is -0.412 e. The molecule has 0 spiro atoms. The summed E-state index contributed by atoms with van der Waals surface area (Å²) in [4.78, 5) is 11.8. The van der Waals surface area contributed by atoms with Crippen LogP contribution >= 0.6 is 11.6 Å². The smallest absolute Gasteiger partial charge is 0.335 e. The average molecular weight is 330 g/mol. The number of aromatic nitrogens is 2. The highest BCUT2D eigenvalue weighted by Crippen LogP contribution is 2.10. The van der Waals surface area contributed by atoms with Gasteiger partial charge in [0.1, 0.15) is 0 Å². The second-order valence-electron chi connectivity index (χ2n) is 4.25. The number of sulfone groups is 1. The summed E-state index contributed by atoms with van der Waals surface area (Å²) in [6.45, 7) is 0.233. The van der Waals surface area contributed by atoms with E-state index in [-0.39, 0.29) is 24.8 Å². The molecule has 0 aliphatic heterocycles. The largest absolute Gasteiger partial charge is 0.412 e. The summed E-state index contributed by atoms with van der Waals surface area (Å²) in [5.41, 5.74) is 0.435. The fraction of sp³-hybridized carbons (Fsp3) is 0.250. The molecule has 0 saturated carbocycles. The van der Waals surface area contributed by atoms with Crippen LogP contribution in [-0.4, -0.2) is 37.3 Å². The van der Waals surface area contributed by atoms with E-state index in [4.69, 9.17) is 16.0 Å². The molecule has 0 aliphatic carbocycles. The number of carbonyl (C=O) groups is 1. The van der Waals surface area contributed by atoms with Gasteiger partial charge in [0, 0.05) is 29.8 Å². The highest BCUT2D eigenvalue weighted by Gasteiger charge is 2.16. The van der Waals surface area contributed by atoms with Crippen molar-refractivity contribution >= 4 is 27.3 Å². The van der Waals surface area contributed by atoms with Gasteiger partial charge in [-0.2, -0.15) is 0 Å². The summed E-state index contributed by atoms with van der Waals surface area (Å²) in [7, 11) is -3.51. The summed E-state index contributed by atoms with van der Waals surface area (Å²) in [6.07, 6.45) is 1.21. The van der Waals surface area contributed by atoms with Gasteiger partial charge in [0.25, 0.3) is 5.91 Å². The van der Waals surface area contributed by atoms with Crippen LogP contribution in [0.4, 0.5) is 0 Å². The van der Waals surface area contributed by atoms with Crippen molar-refractivity contribution in [2.75, 3.05) is 12.8 Å². The van der Waals surface area contributed by atoms with Gasteiger partial charge in [-0.25, -0.2) is 8.42 Å². The maximum atomic E-state index is 11.8. The van der Waals surface area contributed by atoms with Gasteiger partial charge in [-0.1, -0.05) is 22.8 Å². The van der Waals surface area contributed by atoms with Crippen molar-refractivity contribution in [3.63, 3.8) is 0 Å². The normalized spacial score (nSPS) is 11.3. The molecule has 1 amide bonds. The molecule has 9 heteroatoms. The minimum atomic E-state index is -3.51. The fourth-order valence-corrected chi connectivity index (χ4v) is 2.13. The molecule has 1 heterocycles. The van der Waals surface area contributed by atoms with E-state index in [1.807, 2.05) is 0 Å². The van der Waals surface area contributed by atoms with Crippen LogP contribution in [0, 0.1) is 0 Å². The molecule has 0 atom stereocenters. The standard InChI is InChI=1S/C12H12ClN3O4S/c1-21(18,19)12-16-15-10(20-12)5-6-14-11(17)8-3-2-4-9(13)7-8/h2-4,7H,5-6H2,1H3,(H,14,17). The highest BCUT2D eigenvalue weighted by molar-refractivity contribution is 7.90. The van der Waals surface area contributed by atoms with Crippen molar-refractivity contribution in [2.45, 2.75) is 11.6 Å². The summed E-state index contributed by atoms with van der Waals surface area (Å²) in [5, 5.41) is 9.70. The molecule has 2 rings (SSSR count). The molecule has 7 nitrogen and oxygen atoms in total. The van der Waals surface area contributed by atoms with E-state index in [0.29, 0.717) is 10.6 Å². The molecule has 1 aromatic heterocycles. The lowest BCUT2D eigenvalue weighted by Crippen LogP contribution is -2.25. The van der Waals surface area contributed by atoms with Crippen molar-refractivity contribution in [3.05, 3.63) is 40.7 Å². The van der Waals surface area contributed by atoms with Gasteiger partial charge in [0.15, 0.2) is 0 Å². The Morgan fingerprint density at radius 3 is 2.76 bits per heavy atom. The van der Waals surface area contributed by atoms with E-state index in [1.165, 1.54) is 0 Å². The van der Waals surface area contributed by atoms with E-state index in [1.54, 1.807) is 24.3 Å². The Morgan fingerprint density at radius 2 is 2.14 bits per heavy atom. The summed E-state index contributed by atoms with van der Waals surface area (Å²) >= 11 is 5.79. The first kappa shape index (κ1) is 15.5. The van der Waals surface area contributed by atoms with E-state index in [2.05, 4.69) is 15.5 Å². The summed E-state index contributed by atoms with van der Waals surface area (Å²) < 4.78 is 27.3. The number of hydrogen-bond donors (Lipinski definition) is 1. The third-order valence-electron chi connectivity index (χ3n) is 2.48. The molecule has 21 heavy (non-hydrogen) atoms. The van der Waals surface area contributed by atoms with Crippen LogP contribution in [0.1, 0.15) is 16.2 Å². The molecule has 1 aromatic carbocycles. The Balaban J connectivity index is 1.90. The number of amides is 1. The van der Waals surface area contributed by atoms with Crippen LogP contribution in [0.2, 0.25) is 5.02 Å². The Morgan fingerprint density at radius 1 is 1.38 bits per heavy atom. The SMILES string of the molecule is CS(=O)(=O)c1nnc(CCNC(=O)c2cccc(Cl)c2)o1. The molecule has 0 aliphatic rings. The second kappa shape index (κ2) is 6.23. The molecule has 0 bridgehead atoms. The third-order valence-corrected chi connectivity index (χ3v) is 3.51. The average Bonchev–Trinajstić information content (AvgIpc) is 2.87. The molecule has 0 radical (unpaired) electrons. The zero-order chi connectivity index (χ0) is 15.5. The molecule has 112 valence electrons. The lowest BCUT2D eigenvalue weighted by Gasteiger charge is -2.03. The molecule has 0 saturated heterocycles.